The lowest BCUT2D eigenvalue weighted by atomic mass is 10.2. The number of carbonyl (C=O) groups is 1. The van der Waals surface area contributed by atoms with Gasteiger partial charge in [0, 0.05) is 20.1 Å². The number of nitrogens with zero attached hydrogens (tertiary/aromatic N) is 4. The van der Waals surface area contributed by atoms with E-state index in [1.807, 2.05) is 26.0 Å². The quantitative estimate of drug-likeness (QED) is 0.880. The van der Waals surface area contributed by atoms with Gasteiger partial charge in [-0.3, -0.25) is 14.8 Å². The van der Waals surface area contributed by atoms with Gasteiger partial charge in [-0.15, -0.1) is 0 Å². The lowest BCUT2D eigenvalue weighted by molar-refractivity contribution is -0.134. The number of H-pyrrole nitrogens is 1. The van der Waals surface area contributed by atoms with Gasteiger partial charge in [-0.2, -0.15) is 5.10 Å². The SMILES string of the molecule is Cc1nc([C@H]2CN(CC(=O)N(C)Cc3ccc(C)o3)CCO2)n[nH]1. The minimum absolute atomic E-state index is 0.0517. The second-order valence-electron chi connectivity index (χ2n) is 6.14. The Balaban J connectivity index is 1.53. The van der Waals surface area contributed by atoms with Gasteiger partial charge in [0.25, 0.3) is 0 Å². The summed E-state index contributed by atoms with van der Waals surface area (Å²) in [6.45, 7) is 6.46. The molecule has 1 N–H and O–H groups in total. The molecule has 2 aromatic heterocycles. The number of nitrogens with one attached hydrogen (secondary N) is 1. The fraction of sp³-hybridized carbons (Fsp3) is 0.562. The number of morpholine rings is 1. The molecule has 0 bridgehead atoms. The summed E-state index contributed by atoms with van der Waals surface area (Å²) in [6, 6.07) is 3.80. The number of rotatable bonds is 5. The number of amides is 1. The third kappa shape index (κ3) is 4.01. The molecular weight excluding hydrogens is 310 g/mol. The summed E-state index contributed by atoms with van der Waals surface area (Å²) in [5.41, 5.74) is 0. The lowest BCUT2D eigenvalue weighted by Gasteiger charge is -2.32. The van der Waals surface area contributed by atoms with Gasteiger partial charge in [0.1, 0.15) is 23.4 Å². The first kappa shape index (κ1) is 16.7. The molecule has 0 spiro atoms. The predicted octanol–water partition coefficient (Wildman–Crippen LogP) is 1.05. The molecule has 8 nitrogen and oxygen atoms in total. The molecule has 1 saturated heterocycles. The van der Waals surface area contributed by atoms with Crippen molar-refractivity contribution in [3.05, 3.63) is 35.3 Å². The molecule has 0 saturated carbocycles. The van der Waals surface area contributed by atoms with Crippen molar-refractivity contribution in [1.82, 2.24) is 25.0 Å². The number of hydrogen-bond donors (Lipinski definition) is 1. The van der Waals surface area contributed by atoms with E-state index in [-0.39, 0.29) is 12.0 Å². The molecule has 2 aromatic rings. The smallest absolute Gasteiger partial charge is 0.236 e. The van der Waals surface area contributed by atoms with Gasteiger partial charge < -0.3 is 14.1 Å². The Morgan fingerprint density at radius 1 is 1.46 bits per heavy atom. The van der Waals surface area contributed by atoms with Crippen molar-refractivity contribution in [3.8, 4) is 0 Å². The van der Waals surface area contributed by atoms with E-state index in [0.717, 1.165) is 23.9 Å². The number of aryl methyl sites for hydroxylation is 2. The average molecular weight is 333 g/mol. The number of likely N-dealkylation sites (N-methyl/N-ethyl adjacent to an activating group) is 1. The first-order valence-corrected chi connectivity index (χ1v) is 8.03. The molecule has 1 aliphatic rings. The van der Waals surface area contributed by atoms with Gasteiger partial charge in [-0.05, 0) is 26.0 Å². The van der Waals surface area contributed by atoms with Crippen molar-refractivity contribution in [2.45, 2.75) is 26.5 Å². The van der Waals surface area contributed by atoms with Crippen LogP contribution >= 0.6 is 0 Å². The Morgan fingerprint density at radius 3 is 2.96 bits per heavy atom. The van der Waals surface area contributed by atoms with Gasteiger partial charge in [-0.1, -0.05) is 0 Å². The zero-order valence-corrected chi connectivity index (χ0v) is 14.3. The summed E-state index contributed by atoms with van der Waals surface area (Å²) >= 11 is 0. The molecule has 1 aliphatic heterocycles. The molecule has 0 unspecified atom stereocenters. The van der Waals surface area contributed by atoms with Crippen LogP contribution in [0.25, 0.3) is 0 Å². The van der Waals surface area contributed by atoms with E-state index in [9.17, 15) is 4.79 Å². The molecule has 1 fully saturated rings. The van der Waals surface area contributed by atoms with Gasteiger partial charge in [0.15, 0.2) is 5.82 Å². The minimum atomic E-state index is -0.200. The summed E-state index contributed by atoms with van der Waals surface area (Å²) in [5, 5.41) is 6.97. The topological polar surface area (TPSA) is 87.5 Å². The first-order chi connectivity index (χ1) is 11.5. The summed E-state index contributed by atoms with van der Waals surface area (Å²) < 4.78 is 11.2. The van der Waals surface area contributed by atoms with E-state index in [4.69, 9.17) is 9.15 Å². The maximum absolute atomic E-state index is 12.4. The van der Waals surface area contributed by atoms with Crippen molar-refractivity contribution >= 4 is 5.91 Å². The number of furan rings is 1. The van der Waals surface area contributed by atoms with Crippen LogP contribution in [0.3, 0.4) is 0 Å². The molecule has 24 heavy (non-hydrogen) atoms. The second-order valence-corrected chi connectivity index (χ2v) is 6.14. The summed E-state index contributed by atoms with van der Waals surface area (Å²) in [4.78, 5) is 20.5. The van der Waals surface area contributed by atoms with E-state index in [0.29, 0.717) is 32.1 Å². The van der Waals surface area contributed by atoms with Crippen LogP contribution in [0, 0.1) is 13.8 Å². The van der Waals surface area contributed by atoms with Crippen LogP contribution in [0.5, 0.6) is 0 Å². The molecule has 0 aliphatic carbocycles. The Bertz CT molecular complexity index is 695. The van der Waals surface area contributed by atoms with E-state index < -0.39 is 0 Å². The predicted molar refractivity (Wildman–Crippen MR) is 86.2 cm³/mol. The van der Waals surface area contributed by atoms with E-state index in [2.05, 4.69) is 20.1 Å². The van der Waals surface area contributed by atoms with Crippen molar-refractivity contribution in [2.75, 3.05) is 33.3 Å². The van der Waals surface area contributed by atoms with Crippen molar-refractivity contribution in [3.63, 3.8) is 0 Å². The monoisotopic (exact) mass is 333 g/mol. The number of aromatic amines is 1. The maximum atomic E-state index is 12.4. The summed E-state index contributed by atoms with van der Waals surface area (Å²) in [6.07, 6.45) is -0.200. The number of ether oxygens (including phenoxy) is 1. The molecule has 3 heterocycles. The molecule has 0 aromatic carbocycles. The van der Waals surface area contributed by atoms with Crippen molar-refractivity contribution in [1.29, 1.82) is 0 Å². The Hall–Kier alpha value is -2.19. The highest BCUT2D eigenvalue weighted by molar-refractivity contribution is 5.77. The number of hydrogen-bond acceptors (Lipinski definition) is 6. The Morgan fingerprint density at radius 2 is 2.29 bits per heavy atom. The normalized spacial score (nSPS) is 18.7. The van der Waals surface area contributed by atoms with Crippen LogP contribution in [0.1, 0.15) is 29.3 Å². The molecule has 130 valence electrons. The molecule has 0 radical (unpaired) electrons. The van der Waals surface area contributed by atoms with Crippen LogP contribution in [-0.4, -0.2) is 64.2 Å². The minimum Gasteiger partial charge on any atom is -0.464 e. The molecule has 3 rings (SSSR count). The Kier molecular flexibility index (Phi) is 4.96. The van der Waals surface area contributed by atoms with Crippen LogP contribution in [0.4, 0.5) is 0 Å². The number of carbonyl (C=O) groups excluding carboxylic acids is 1. The maximum Gasteiger partial charge on any atom is 0.236 e. The van der Waals surface area contributed by atoms with Crippen LogP contribution in [-0.2, 0) is 16.1 Å². The molecular formula is C16H23N5O3. The lowest BCUT2D eigenvalue weighted by Crippen LogP contribution is -2.44. The van der Waals surface area contributed by atoms with Crippen molar-refractivity contribution < 1.29 is 13.9 Å². The zero-order valence-electron chi connectivity index (χ0n) is 14.3. The van der Waals surface area contributed by atoms with Crippen LogP contribution in [0.2, 0.25) is 0 Å². The van der Waals surface area contributed by atoms with E-state index in [1.54, 1.807) is 11.9 Å². The standard InChI is InChI=1S/C16H23N5O3/c1-11-4-5-13(24-11)8-20(3)15(22)10-21-6-7-23-14(9-21)16-17-12(2)18-19-16/h4-5,14H,6-10H2,1-3H3,(H,17,18,19)/t14-/m1/s1. The second kappa shape index (κ2) is 7.14. The van der Waals surface area contributed by atoms with Gasteiger partial charge in [0.2, 0.25) is 5.91 Å². The molecule has 8 heteroatoms. The van der Waals surface area contributed by atoms with Gasteiger partial charge >= 0.3 is 0 Å². The summed E-state index contributed by atoms with van der Waals surface area (Å²) in [7, 11) is 1.79. The fourth-order valence-corrected chi connectivity index (χ4v) is 2.71. The first-order valence-electron chi connectivity index (χ1n) is 8.03. The van der Waals surface area contributed by atoms with Crippen LogP contribution < -0.4 is 0 Å². The highest BCUT2D eigenvalue weighted by Gasteiger charge is 2.27. The van der Waals surface area contributed by atoms with E-state index >= 15 is 0 Å². The van der Waals surface area contributed by atoms with Gasteiger partial charge in [0.05, 0.1) is 19.7 Å². The van der Waals surface area contributed by atoms with Gasteiger partial charge in [-0.25, -0.2) is 4.98 Å². The average Bonchev–Trinajstić information content (AvgIpc) is 3.16. The largest absolute Gasteiger partial charge is 0.464 e. The third-order valence-electron chi connectivity index (χ3n) is 4.03. The van der Waals surface area contributed by atoms with Crippen molar-refractivity contribution in [2.24, 2.45) is 0 Å². The third-order valence-corrected chi connectivity index (χ3v) is 4.03. The number of aromatic nitrogens is 3. The molecule has 1 amide bonds. The van der Waals surface area contributed by atoms with Crippen LogP contribution in [0.15, 0.2) is 16.5 Å². The highest BCUT2D eigenvalue weighted by atomic mass is 16.5. The molecule has 1 atom stereocenters. The fourth-order valence-electron chi connectivity index (χ4n) is 2.71. The highest BCUT2D eigenvalue weighted by Crippen LogP contribution is 2.19. The summed E-state index contributed by atoms with van der Waals surface area (Å²) in [5.74, 6) is 3.10. The van der Waals surface area contributed by atoms with E-state index in [1.165, 1.54) is 0 Å². The Labute approximate surface area is 140 Å². The zero-order chi connectivity index (χ0) is 17.1.